The van der Waals surface area contributed by atoms with Gasteiger partial charge in [0.1, 0.15) is 17.4 Å². The molecule has 0 radical (unpaired) electrons. The summed E-state index contributed by atoms with van der Waals surface area (Å²) in [5.74, 6) is -0.0337. The first-order valence-corrected chi connectivity index (χ1v) is 8.06. The van der Waals surface area contributed by atoms with E-state index >= 15 is 0 Å². The lowest BCUT2D eigenvalue weighted by atomic mass is 10.3. The molecule has 0 amide bonds. The summed E-state index contributed by atoms with van der Waals surface area (Å²) in [7, 11) is 0. The number of rotatable bonds is 5. The molecule has 1 aliphatic rings. The molecule has 0 bridgehead atoms. The van der Waals surface area contributed by atoms with E-state index in [-0.39, 0.29) is 28.7 Å². The Bertz CT molecular complexity index is 1020. The van der Waals surface area contributed by atoms with Gasteiger partial charge in [0.15, 0.2) is 10.8 Å². The summed E-state index contributed by atoms with van der Waals surface area (Å²) in [6.45, 7) is -2.94. The minimum atomic E-state index is -2.94. The van der Waals surface area contributed by atoms with Crippen LogP contribution in [0.3, 0.4) is 0 Å². The molecule has 0 N–H and O–H groups in total. The molecule has 0 unspecified atom stereocenters. The fraction of sp³-hybridized carbons (Fsp3) is 0.250. The van der Waals surface area contributed by atoms with Crippen molar-refractivity contribution in [3.05, 3.63) is 46.0 Å². The Morgan fingerprint density at radius 2 is 1.92 bits per heavy atom. The molecule has 2 heterocycles. The zero-order valence-corrected chi connectivity index (χ0v) is 13.9. The van der Waals surface area contributed by atoms with Crippen LogP contribution in [0.25, 0.3) is 16.9 Å². The lowest BCUT2D eigenvalue weighted by Gasteiger charge is -2.11. The van der Waals surface area contributed by atoms with Crippen molar-refractivity contribution in [1.82, 2.24) is 19.5 Å². The van der Waals surface area contributed by atoms with Crippen molar-refractivity contribution in [2.75, 3.05) is 0 Å². The van der Waals surface area contributed by atoms with Gasteiger partial charge in [-0.3, -0.25) is 9.36 Å². The Labute approximate surface area is 150 Å². The molecule has 4 rings (SSSR count). The number of ether oxygens (including phenoxy) is 2. The molecule has 0 aliphatic heterocycles. The first-order chi connectivity index (χ1) is 12.5. The van der Waals surface area contributed by atoms with E-state index in [0.717, 1.165) is 12.8 Å². The van der Waals surface area contributed by atoms with Crippen LogP contribution in [-0.4, -0.2) is 32.2 Å². The fourth-order valence-electron chi connectivity index (χ4n) is 2.34. The highest BCUT2D eigenvalue weighted by Gasteiger charge is 2.25. The molecule has 7 nitrogen and oxygen atoms in total. The maximum atomic E-state index is 12.5. The van der Waals surface area contributed by atoms with Gasteiger partial charge in [0.05, 0.1) is 11.9 Å². The molecule has 1 saturated carbocycles. The third-order valence-corrected chi connectivity index (χ3v) is 3.90. The number of nitrogens with zero attached hydrogens (tertiary/aromatic N) is 4. The van der Waals surface area contributed by atoms with Crippen LogP contribution >= 0.6 is 11.6 Å². The summed E-state index contributed by atoms with van der Waals surface area (Å²) in [5, 5.41) is -0.259. The SMILES string of the molecule is O=c1c(Cl)nc2cnc(OC3CC3)nc2n1-c1ccc(OC(F)F)cc1. The summed E-state index contributed by atoms with van der Waals surface area (Å²) >= 11 is 5.92. The van der Waals surface area contributed by atoms with Crippen LogP contribution in [0, 0.1) is 0 Å². The second-order valence-electron chi connectivity index (χ2n) is 5.59. The summed E-state index contributed by atoms with van der Waals surface area (Å²) in [4.78, 5) is 24.8. The van der Waals surface area contributed by atoms with Crippen LogP contribution in [0.1, 0.15) is 12.8 Å². The average molecular weight is 381 g/mol. The smallest absolute Gasteiger partial charge is 0.387 e. The van der Waals surface area contributed by atoms with Crippen LogP contribution < -0.4 is 15.0 Å². The Balaban J connectivity index is 1.83. The molecule has 0 spiro atoms. The predicted molar refractivity (Wildman–Crippen MR) is 88.2 cm³/mol. The normalized spacial score (nSPS) is 14.0. The number of halogens is 3. The van der Waals surface area contributed by atoms with Crippen LogP contribution in [0.4, 0.5) is 8.78 Å². The zero-order chi connectivity index (χ0) is 18.3. The Kier molecular flexibility index (Phi) is 4.15. The van der Waals surface area contributed by atoms with Gasteiger partial charge < -0.3 is 9.47 Å². The van der Waals surface area contributed by atoms with Crippen LogP contribution in [0.15, 0.2) is 35.3 Å². The van der Waals surface area contributed by atoms with E-state index in [1.807, 2.05) is 0 Å². The largest absolute Gasteiger partial charge is 0.460 e. The van der Waals surface area contributed by atoms with Gasteiger partial charge in [0.2, 0.25) is 0 Å². The highest BCUT2D eigenvalue weighted by atomic mass is 35.5. The van der Waals surface area contributed by atoms with Gasteiger partial charge in [-0.15, -0.1) is 0 Å². The minimum Gasteiger partial charge on any atom is -0.460 e. The van der Waals surface area contributed by atoms with Gasteiger partial charge in [0.25, 0.3) is 5.56 Å². The molecule has 2 aromatic heterocycles. The second kappa shape index (κ2) is 6.49. The van der Waals surface area contributed by atoms with Crippen LogP contribution in [0.2, 0.25) is 5.15 Å². The van der Waals surface area contributed by atoms with Gasteiger partial charge in [-0.1, -0.05) is 11.6 Å². The zero-order valence-electron chi connectivity index (χ0n) is 13.1. The Morgan fingerprint density at radius 1 is 1.19 bits per heavy atom. The number of fused-ring (bicyclic) bond motifs is 1. The van der Waals surface area contributed by atoms with Gasteiger partial charge in [-0.25, -0.2) is 9.97 Å². The van der Waals surface area contributed by atoms with E-state index < -0.39 is 12.2 Å². The maximum absolute atomic E-state index is 12.5. The van der Waals surface area contributed by atoms with E-state index in [1.165, 1.54) is 35.0 Å². The number of hydrogen-bond acceptors (Lipinski definition) is 6. The number of alkyl halides is 2. The Hall–Kier alpha value is -2.81. The monoisotopic (exact) mass is 380 g/mol. The molecule has 134 valence electrons. The van der Waals surface area contributed by atoms with Crippen molar-refractivity contribution in [3.8, 4) is 17.4 Å². The van der Waals surface area contributed by atoms with Crippen molar-refractivity contribution < 1.29 is 18.3 Å². The van der Waals surface area contributed by atoms with Crippen molar-refractivity contribution >= 4 is 22.8 Å². The molecule has 1 fully saturated rings. The van der Waals surface area contributed by atoms with Crippen LogP contribution in [-0.2, 0) is 0 Å². The average Bonchev–Trinajstić information content (AvgIpc) is 3.41. The number of hydrogen-bond donors (Lipinski definition) is 0. The minimum absolute atomic E-state index is 0.0337. The second-order valence-corrected chi connectivity index (χ2v) is 5.95. The van der Waals surface area contributed by atoms with E-state index in [1.54, 1.807) is 0 Å². The van der Waals surface area contributed by atoms with Crippen molar-refractivity contribution in [2.45, 2.75) is 25.6 Å². The van der Waals surface area contributed by atoms with Crippen molar-refractivity contribution in [1.29, 1.82) is 0 Å². The molecule has 1 aliphatic carbocycles. The molecule has 0 saturated heterocycles. The molecule has 26 heavy (non-hydrogen) atoms. The van der Waals surface area contributed by atoms with E-state index in [0.29, 0.717) is 11.2 Å². The highest BCUT2D eigenvalue weighted by Crippen LogP contribution is 2.26. The topological polar surface area (TPSA) is 79.1 Å². The van der Waals surface area contributed by atoms with E-state index in [9.17, 15) is 13.6 Å². The molecular formula is C16H11ClF2N4O3. The molecule has 0 atom stereocenters. The quantitative estimate of drug-likeness (QED) is 0.677. The molecule has 1 aromatic carbocycles. The predicted octanol–water partition coefficient (Wildman–Crippen LogP) is 2.97. The van der Waals surface area contributed by atoms with Gasteiger partial charge in [0, 0.05) is 0 Å². The molecule has 3 aromatic rings. The summed E-state index contributed by atoms with van der Waals surface area (Å²) in [5.41, 5.74) is 0.262. The van der Waals surface area contributed by atoms with Gasteiger partial charge in [-0.05, 0) is 37.1 Å². The first kappa shape index (κ1) is 16.6. The first-order valence-electron chi connectivity index (χ1n) is 7.68. The fourth-order valence-corrected chi connectivity index (χ4v) is 2.52. The molecule has 10 heteroatoms. The van der Waals surface area contributed by atoms with Crippen molar-refractivity contribution in [2.24, 2.45) is 0 Å². The van der Waals surface area contributed by atoms with E-state index in [2.05, 4.69) is 19.7 Å². The maximum Gasteiger partial charge on any atom is 0.387 e. The van der Waals surface area contributed by atoms with E-state index in [4.69, 9.17) is 16.3 Å². The Morgan fingerprint density at radius 3 is 2.58 bits per heavy atom. The molecular weight excluding hydrogens is 370 g/mol. The number of aromatic nitrogens is 4. The lowest BCUT2D eigenvalue weighted by Crippen LogP contribution is -2.22. The summed E-state index contributed by atoms with van der Waals surface area (Å²) < 4.78 is 35.7. The highest BCUT2D eigenvalue weighted by molar-refractivity contribution is 6.29. The summed E-state index contributed by atoms with van der Waals surface area (Å²) in [6, 6.07) is 5.65. The van der Waals surface area contributed by atoms with Crippen molar-refractivity contribution in [3.63, 3.8) is 0 Å². The number of benzene rings is 1. The third kappa shape index (κ3) is 3.30. The standard InChI is InChI=1S/C16H11ClF2N4O3/c17-12-14(24)23(8-1-3-9(4-2-8)25-15(18)19)13-11(21-12)7-20-16(22-13)26-10-5-6-10/h1-4,7,10,15H,5-6H2. The van der Waals surface area contributed by atoms with Gasteiger partial charge in [-0.2, -0.15) is 13.8 Å². The third-order valence-electron chi connectivity index (χ3n) is 3.65. The summed E-state index contributed by atoms with van der Waals surface area (Å²) in [6.07, 6.45) is 3.35. The van der Waals surface area contributed by atoms with Crippen LogP contribution in [0.5, 0.6) is 11.8 Å². The lowest BCUT2D eigenvalue weighted by molar-refractivity contribution is -0.0498. The van der Waals surface area contributed by atoms with Gasteiger partial charge >= 0.3 is 12.6 Å².